The molecule has 122 valence electrons. The largest absolute Gasteiger partial charge is 0.366 e. The van der Waals surface area contributed by atoms with E-state index in [0.717, 1.165) is 22.5 Å². The van der Waals surface area contributed by atoms with E-state index in [2.05, 4.69) is 74.6 Å². The molecule has 0 saturated heterocycles. The van der Waals surface area contributed by atoms with Gasteiger partial charge in [-0.15, -0.1) is 0 Å². The molecule has 0 atom stereocenters. The lowest BCUT2D eigenvalue weighted by atomic mass is 10.1. The summed E-state index contributed by atoms with van der Waals surface area (Å²) in [5.41, 5.74) is 4.62. The van der Waals surface area contributed by atoms with Crippen LogP contribution in [0.1, 0.15) is 16.7 Å². The van der Waals surface area contributed by atoms with Crippen LogP contribution in [0.2, 0.25) is 0 Å². The van der Waals surface area contributed by atoms with Gasteiger partial charge >= 0.3 is 0 Å². The second-order valence-corrected chi connectivity index (χ2v) is 6.55. The Morgan fingerprint density at radius 1 is 1.04 bits per heavy atom. The standard InChI is InChI=1S/C19H19BrN4/c1-13-4-3-5-15(10-13)12-22-18-8-9-21-19(24-18)23-16-7-6-14(2)17(20)11-16/h3-11H,12H2,1-2H3,(H2,21,22,23,24). The van der Waals surface area contributed by atoms with Gasteiger partial charge in [0.25, 0.3) is 0 Å². The number of halogens is 1. The summed E-state index contributed by atoms with van der Waals surface area (Å²) >= 11 is 3.54. The van der Waals surface area contributed by atoms with Crippen LogP contribution in [0.25, 0.3) is 0 Å². The Bertz CT molecular complexity index is 848. The average molecular weight is 383 g/mol. The van der Waals surface area contributed by atoms with E-state index in [9.17, 15) is 0 Å². The van der Waals surface area contributed by atoms with Crippen LogP contribution in [-0.4, -0.2) is 9.97 Å². The van der Waals surface area contributed by atoms with Crippen LogP contribution in [0.3, 0.4) is 0 Å². The first-order valence-electron chi connectivity index (χ1n) is 7.76. The average Bonchev–Trinajstić information content (AvgIpc) is 2.57. The molecule has 3 aromatic rings. The number of anilines is 3. The lowest BCUT2D eigenvalue weighted by Crippen LogP contribution is -2.04. The van der Waals surface area contributed by atoms with Gasteiger partial charge in [0.2, 0.25) is 5.95 Å². The number of nitrogens with one attached hydrogen (secondary N) is 2. The Morgan fingerprint density at radius 3 is 2.71 bits per heavy atom. The molecule has 2 aromatic carbocycles. The summed E-state index contributed by atoms with van der Waals surface area (Å²) in [7, 11) is 0. The van der Waals surface area contributed by atoms with Crippen molar-refractivity contribution >= 4 is 33.4 Å². The van der Waals surface area contributed by atoms with E-state index in [4.69, 9.17) is 0 Å². The Kier molecular flexibility index (Phi) is 5.11. The zero-order valence-corrected chi connectivity index (χ0v) is 15.3. The molecule has 5 heteroatoms. The van der Waals surface area contributed by atoms with Gasteiger partial charge < -0.3 is 10.6 Å². The molecule has 24 heavy (non-hydrogen) atoms. The van der Waals surface area contributed by atoms with Crippen molar-refractivity contribution in [2.75, 3.05) is 10.6 Å². The summed E-state index contributed by atoms with van der Waals surface area (Å²) in [4.78, 5) is 8.79. The van der Waals surface area contributed by atoms with Crippen molar-refractivity contribution in [3.8, 4) is 0 Å². The highest BCUT2D eigenvalue weighted by Gasteiger charge is 2.02. The van der Waals surface area contributed by atoms with Gasteiger partial charge in [0.1, 0.15) is 5.82 Å². The number of hydrogen-bond acceptors (Lipinski definition) is 4. The fourth-order valence-electron chi connectivity index (χ4n) is 2.33. The highest BCUT2D eigenvalue weighted by molar-refractivity contribution is 9.10. The van der Waals surface area contributed by atoms with Gasteiger partial charge in [-0.3, -0.25) is 0 Å². The molecule has 0 spiro atoms. The molecule has 0 aliphatic rings. The molecule has 0 unspecified atom stereocenters. The van der Waals surface area contributed by atoms with Crippen molar-refractivity contribution in [3.63, 3.8) is 0 Å². The van der Waals surface area contributed by atoms with Gasteiger partial charge in [-0.25, -0.2) is 4.98 Å². The molecular formula is C19H19BrN4. The molecule has 0 aliphatic carbocycles. The second kappa shape index (κ2) is 7.45. The maximum atomic E-state index is 4.51. The quantitative estimate of drug-likeness (QED) is 0.635. The highest BCUT2D eigenvalue weighted by atomic mass is 79.9. The maximum absolute atomic E-state index is 4.51. The predicted octanol–water partition coefficient (Wildman–Crippen LogP) is 5.21. The zero-order valence-electron chi connectivity index (χ0n) is 13.7. The van der Waals surface area contributed by atoms with E-state index in [1.807, 2.05) is 24.3 Å². The molecule has 0 radical (unpaired) electrons. The lowest BCUT2D eigenvalue weighted by Gasteiger charge is -2.09. The molecule has 0 fully saturated rings. The van der Waals surface area contributed by atoms with Crippen molar-refractivity contribution < 1.29 is 0 Å². The maximum Gasteiger partial charge on any atom is 0.229 e. The van der Waals surface area contributed by atoms with Crippen LogP contribution in [0.4, 0.5) is 17.5 Å². The number of aryl methyl sites for hydroxylation is 2. The summed E-state index contributed by atoms with van der Waals surface area (Å²) < 4.78 is 1.06. The van der Waals surface area contributed by atoms with Gasteiger partial charge in [0.05, 0.1) is 0 Å². The van der Waals surface area contributed by atoms with Gasteiger partial charge in [-0.2, -0.15) is 4.98 Å². The predicted molar refractivity (Wildman–Crippen MR) is 103 cm³/mol. The molecule has 0 amide bonds. The number of nitrogens with zero attached hydrogens (tertiary/aromatic N) is 2. The van der Waals surface area contributed by atoms with Gasteiger partial charge in [0.15, 0.2) is 0 Å². The van der Waals surface area contributed by atoms with Crippen LogP contribution in [0.15, 0.2) is 59.2 Å². The first-order chi connectivity index (χ1) is 11.6. The molecule has 0 bridgehead atoms. The van der Waals surface area contributed by atoms with Crippen molar-refractivity contribution in [2.24, 2.45) is 0 Å². The summed E-state index contributed by atoms with van der Waals surface area (Å²) in [5, 5.41) is 6.56. The monoisotopic (exact) mass is 382 g/mol. The third kappa shape index (κ3) is 4.32. The fourth-order valence-corrected chi connectivity index (χ4v) is 2.71. The third-order valence-electron chi connectivity index (χ3n) is 3.64. The van der Waals surface area contributed by atoms with Crippen LogP contribution >= 0.6 is 15.9 Å². The molecule has 3 rings (SSSR count). The number of hydrogen-bond donors (Lipinski definition) is 2. The fraction of sp³-hybridized carbons (Fsp3) is 0.158. The van der Waals surface area contributed by atoms with Crippen molar-refractivity contribution in [3.05, 3.63) is 75.9 Å². The van der Waals surface area contributed by atoms with Crippen LogP contribution in [0.5, 0.6) is 0 Å². The van der Waals surface area contributed by atoms with Gasteiger partial charge in [0, 0.05) is 22.9 Å². The van der Waals surface area contributed by atoms with Crippen molar-refractivity contribution in [1.29, 1.82) is 0 Å². The van der Waals surface area contributed by atoms with Crippen molar-refractivity contribution in [2.45, 2.75) is 20.4 Å². The van der Waals surface area contributed by atoms with E-state index in [1.165, 1.54) is 16.7 Å². The molecule has 1 aromatic heterocycles. The third-order valence-corrected chi connectivity index (χ3v) is 4.49. The Labute approximate surface area is 150 Å². The van der Waals surface area contributed by atoms with E-state index in [-0.39, 0.29) is 0 Å². The molecule has 4 nitrogen and oxygen atoms in total. The molecule has 0 aliphatic heterocycles. The molecule has 0 saturated carbocycles. The summed E-state index contributed by atoms with van der Waals surface area (Å²) in [6, 6.07) is 16.4. The molecule has 2 N–H and O–H groups in total. The van der Waals surface area contributed by atoms with Crippen LogP contribution in [0, 0.1) is 13.8 Å². The first kappa shape index (κ1) is 16.5. The second-order valence-electron chi connectivity index (χ2n) is 5.70. The Morgan fingerprint density at radius 2 is 1.92 bits per heavy atom. The van der Waals surface area contributed by atoms with E-state index in [1.54, 1.807) is 6.20 Å². The van der Waals surface area contributed by atoms with Crippen LogP contribution in [-0.2, 0) is 6.54 Å². The Hall–Kier alpha value is -2.40. The molecule has 1 heterocycles. The first-order valence-corrected chi connectivity index (χ1v) is 8.55. The van der Waals surface area contributed by atoms with Gasteiger partial charge in [-0.1, -0.05) is 51.8 Å². The molecular weight excluding hydrogens is 364 g/mol. The number of benzene rings is 2. The number of rotatable bonds is 5. The van der Waals surface area contributed by atoms with E-state index >= 15 is 0 Å². The SMILES string of the molecule is Cc1cccc(CNc2ccnc(Nc3ccc(C)c(Br)c3)n2)c1. The van der Waals surface area contributed by atoms with E-state index < -0.39 is 0 Å². The topological polar surface area (TPSA) is 49.8 Å². The zero-order chi connectivity index (χ0) is 16.9. The van der Waals surface area contributed by atoms with Crippen molar-refractivity contribution in [1.82, 2.24) is 9.97 Å². The van der Waals surface area contributed by atoms with Crippen LogP contribution < -0.4 is 10.6 Å². The normalized spacial score (nSPS) is 10.5. The van der Waals surface area contributed by atoms with Gasteiger partial charge in [-0.05, 0) is 43.2 Å². The summed E-state index contributed by atoms with van der Waals surface area (Å²) in [5.74, 6) is 1.36. The number of aromatic nitrogens is 2. The van der Waals surface area contributed by atoms with E-state index in [0.29, 0.717) is 5.95 Å². The lowest BCUT2D eigenvalue weighted by molar-refractivity contribution is 1.08. The Balaban J connectivity index is 1.68. The minimum atomic E-state index is 0.569. The minimum Gasteiger partial charge on any atom is -0.366 e. The summed E-state index contributed by atoms with van der Waals surface area (Å²) in [6.07, 6.45) is 1.75. The smallest absolute Gasteiger partial charge is 0.229 e. The highest BCUT2D eigenvalue weighted by Crippen LogP contribution is 2.22. The minimum absolute atomic E-state index is 0.569. The summed E-state index contributed by atoms with van der Waals surface area (Å²) in [6.45, 7) is 4.88.